The first kappa shape index (κ1) is 15.4. The van der Waals surface area contributed by atoms with E-state index in [0.29, 0.717) is 13.1 Å². The highest BCUT2D eigenvalue weighted by Crippen LogP contribution is 2.22. The minimum atomic E-state index is -0.760. The van der Waals surface area contributed by atoms with Crippen molar-refractivity contribution in [2.45, 2.75) is 13.5 Å². The Morgan fingerprint density at radius 1 is 1.33 bits per heavy atom. The van der Waals surface area contributed by atoms with E-state index in [0.717, 1.165) is 17.7 Å². The van der Waals surface area contributed by atoms with Crippen molar-refractivity contribution in [1.29, 1.82) is 0 Å². The van der Waals surface area contributed by atoms with Gasteiger partial charge in [-0.15, -0.1) is 0 Å². The van der Waals surface area contributed by atoms with Crippen molar-refractivity contribution in [3.05, 3.63) is 51.7 Å². The van der Waals surface area contributed by atoms with Crippen LogP contribution in [0.1, 0.15) is 22.8 Å². The molecule has 0 aliphatic rings. The van der Waals surface area contributed by atoms with Crippen LogP contribution in [0.2, 0.25) is 0 Å². The lowest BCUT2D eigenvalue weighted by atomic mass is 10.1. The van der Waals surface area contributed by atoms with Gasteiger partial charge in [-0.2, -0.15) is 11.3 Å². The molecule has 1 aromatic heterocycles. The predicted molar refractivity (Wildman–Crippen MR) is 80.6 cm³/mol. The molecule has 2 rings (SSSR count). The van der Waals surface area contributed by atoms with Crippen LogP contribution in [0.5, 0.6) is 0 Å². The van der Waals surface area contributed by atoms with Gasteiger partial charge >= 0.3 is 0 Å². The maximum atomic E-state index is 13.8. The summed E-state index contributed by atoms with van der Waals surface area (Å²) < 4.78 is 27.7. The van der Waals surface area contributed by atoms with E-state index in [1.54, 1.807) is 14.0 Å². The van der Waals surface area contributed by atoms with Crippen LogP contribution in [-0.4, -0.2) is 24.4 Å². The van der Waals surface area contributed by atoms with E-state index in [4.69, 9.17) is 0 Å². The number of rotatable bonds is 5. The minimum Gasteiger partial charge on any atom is -0.381 e. The normalized spacial score (nSPS) is 10.5. The number of hydrogen-bond acceptors (Lipinski definition) is 3. The highest BCUT2D eigenvalue weighted by atomic mass is 32.1. The summed E-state index contributed by atoms with van der Waals surface area (Å²) in [5.41, 5.74) is 0.792. The average molecular weight is 310 g/mol. The van der Waals surface area contributed by atoms with Gasteiger partial charge in [0.05, 0.1) is 0 Å². The van der Waals surface area contributed by atoms with Crippen molar-refractivity contribution in [2.24, 2.45) is 0 Å². The van der Waals surface area contributed by atoms with E-state index in [2.05, 4.69) is 5.32 Å². The Bertz CT molecular complexity index is 606. The third-order valence-corrected chi connectivity index (χ3v) is 3.72. The van der Waals surface area contributed by atoms with Crippen LogP contribution in [0.3, 0.4) is 0 Å². The van der Waals surface area contributed by atoms with Gasteiger partial charge in [0.25, 0.3) is 5.91 Å². The molecule has 1 amide bonds. The van der Waals surface area contributed by atoms with Gasteiger partial charge < -0.3 is 10.2 Å². The van der Waals surface area contributed by atoms with E-state index >= 15 is 0 Å². The molecule has 0 spiro atoms. The molecule has 2 aromatic rings. The lowest BCUT2D eigenvalue weighted by Crippen LogP contribution is -2.26. The smallest absolute Gasteiger partial charge is 0.254 e. The second-order valence-corrected chi connectivity index (χ2v) is 5.42. The lowest BCUT2D eigenvalue weighted by Gasteiger charge is -2.17. The Balaban J connectivity index is 2.19. The molecule has 0 aliphatic heterocycles. The lowest BCUT2D eigenvalue weighted by molar-refractivity contribution is 0.0784. The van der Waals surface area contributed by atoms with E-state index < -0.39 is 17.5 Å². The van der Waals surface area contributed by atoms with Crippen LogP contribution < -0.4 is 5.32 Å². The highest BCUT2D eigenvalue weighted by molar-refractivity contribution is 7.07. The zero-order valence-electron chi connectivity index (χ0n) is 11.8. The summed E-state index contributed by atoms with van der Waals surface area (Å²) in [6, 6.07) is 4.03. The highest BCUT2D eigenvalue weighted by Gasteiger charge is 2.17. The van der Waals surface area contributed by atoms with Gasteiger partial charge in [0.15, 0.2) is 0 Å². The summed E-state index contributed by atoms with van der Waals surface area (Å²) in [5.74, 6) is -1.93. The van der Waals surface area contributed by atoms with E-state index in [1.165, 1.54) is 16.2 Å². The zero-order valence-corrected chi connectivity index (χ0v) is 12.6. The number of halogens is 2. The average Bonchev–Trinajstić information content (AvgIpc) is 2.94. The number of thiophene rings is 1. The Morgan fingerprint density at radius 2 is 2.00 bits per heavy atom. The zero-order chi connectivity index (χ0) is 15.4. The van der Waals surface area contributed by atoms with Crippen molar-refractivity contribution in [3.63, 3.8) is 0 Å². The molecule has 1 heterocycles. The van der Waals surface area contributed by atoms with Gasteiger partial charge in [0, 0.05) is 25.7 Å². The van der Waals surface area contributed by atoms with Crippen molar-refractivity contribution >= 4 is 22.9 Å². The monoisotopic (exact) mass is 310 g/mol. The molecule has 0 atom stereocenters. The summed E-state index contributed by atoms with van der Waals surface area (Å²) >= 11 is 1.54. The molecular weight excluding hydrogens is 294 g/mol. The molecular formula is C15H16F2N2OS. The first-order chi connectivity index (χ1) is 10.0. The number of amides is 1. The van der Waals surface area contributed by atoms with Gasteiger partial charge in [-0.25, -0.2) is 8.78 Å². The van der Waals surface area contributed by atoms with Crippen LogP contribution >= 0.6 is 11.3 Å². The third kappa shape index (κ3) is 3.58. The summed E-state index contributed by atoms with van der Waals surface area (Å²) in [7, 11) is 1.61. The number of carbonyl (C=O) groups excluding carboxylic acids is 1. The van der Waals surface area contributed by atoms with Gasteiger partial charge in [-0.1, -0.05) is 0 Å². The molecule has 0 fully saturated rings. The molecule has 0 aliphatic carbocycles. The first-order valence-corrected chi connectivity index (χ1v) is 7.46. The maximum absolute atomic E-state index is 13.8. The predicted octanol–water partition coefficient (Wildman–Crippen LogP) is 3.73. The maximum Gasteiger partial charge on any atom is 0.254 e. The molecule has 0 radical (unpaired) electrons. The second-order valence-electron chi connectivity index (χ2n) is 4.64. The molecule has 0 saturated heterocycles. The number of nitrogens with one attached hydrogen (secondary N) is 1. The van der Waals surface area contributed by atoms with Crippen molar-refractivity contribution in [3.8, 4) is 0 Å². The van der Waals surface area contributed by atoms with Gasteiger partial charge in [0.1, 0.15) is 17.3 Å². The molecule has 21 heavy (non-hydrogen) atoms. The second kappa shape index (κ2) is 6.67. The topological polar surface area (TPSA) is 32.3 Å². The summed E-state index contributed by atoms with van der Waals surface area (Å²) in [4.78, 5) is 13.7. The quantitative estimate of drug-likeness (QED) is 0.912. The molecule has 0 bridgehead atoms. The van der Waals surface area contributed by atoms with E-state index in [-0.39, 0.29) is 11.3 Å². The van der Waals surface area contributed by atoms with Crippen LogP contribution in [-0.2, 0) is 6.54 Å². The van der Waals surface area contributed by atoms with Crippen LogP contribution in [0, 0.1) is 11.6 Å². The molecule has 3 nitrogen and oxygen atoms in total. The summed E-state index contributed by atoms with van der Waals surface area (Å²) in [6.45, 7) is 2.55. The van der Waals surface area contributed by atoms with Crippen LogP contribution in [0.4, 0.5) is 14.5 Å². The molecule has 0 unspecified atom stereocenters. The number of hydrogen-bond donors (Lipinski definition) is 1. The fraction of sp³-hybridized carbons (Fsp3) is 0.267. The molecule has 0 saturated carbocycles. The largest absolute Gasteiger partial charge is 0.381 e. The van der Waals surface area contributed by atoms with Crippen molar-refractivity contribution < 1.29 is 13.6 Å². The number of carbonyl (C=O) groups is 1. The SMILES string of the molecule is CCNc1c(F)cc(C(=O)N(C)Cc2ccsc2)cc1F. The van der Waals surface area contributed by atoms with Crippen molar-refractivity contribution in [2.75, 3.05) is 18.9 Å². The van der Waals surface area contributed by atoms with Crippen molar-refractivity contribution in [1.82, 2.24) is 4.90 Å². The number of nitrogens with zero attached hydrogens (tertiary/aromatic N) is 1. The van der Waals surface area contributed by atoms with E-state index in [9.17, 15) is 13.6 Å². The molecule has 1 N–H and O–H groups in total. The summed E-state index contributed by atoms with van der Waals surface area (Å²) in [6.07, 6.45) is 0. The Hall–Kier alpha value is -1.95. The standard InChI is InChI=1S/C15H16F2N2OS/c1-3-18-14-12(16)6-11(7-13(14)17)15(20)19(2)8-10-4-5-21-9-10/h4-7,9,18H,3,8H2,1-2H3. The third-order valence-electron chi connectivity index (χ3n) is 2.99. The minimum absolute atomic E-state index is 0.00406. The Kier molecular flexibility index (Phi) is 4.90. The first-order valence-electron chi connectivity index (χ1n) is 6.52. The van der Waals surface area contributed by atoms with Crippen LogP contribution in [0.25, 0.3) is 0 Å². The molecule has 112 valence electrons. The molecule has 1 aromatic carbocycles. The van der Waals surface area contributed by atoms with Gasteiger partial charge in [0.2, 0.25) is 0 Å². The summed E-state index contributed by atoms with van der Waals surface area (Å²) in [5, 5.41) is 6.45. The fourth-order valence-electron chi connectivity index (χ4n) is 1.99. The van der Waals surface area contributed by atoms with Crippen LogP contribution in [0.15, 0.2) is 29.0 Å². The number of benzene rings is 1. The fourth-order valence-corrected chi connectivity index (χ4v) is 2.65. The Morgan fingerprint density at radius 3 is 2.52 bits per heavy atom. The van der Waals surface area contributed by atoms with Gasteiger partial charge in [-0.3, -0.25) is 4.79 Å². The van der Waals surface area contributed by atoms with Gasteiger partial charge in [-0.05, 0) is 41.4 Å². The Labute approximate surface area is 126 Å². The molecule has 6 heteroatoms. The number of anilines is 1. The van der Waals surface area contributed by atoms with E-state index in [1.807, 2.05) is 16.8 Å².